The number of phosphoric ester groups is 1. The van der Waals surface area contributed by atoms with Gasteiger partial charge in [0.25, 0.3) is 17.7 Å². The standard InChI is InChI=1S/C24H26F2N7O6PS.2C23H23F2N7O2S.C5H8O5.C4H11NO3.CO2.Na/c1-2-38-16-5-3-15(4-6-16)33-11-18(22(31-33)21-17(25)7-8-20(26)30-21)28-23(34)19-12-41-24(29-19)14-9-27-32(10-14)13-39-40(35,36)37;2*1-2-34-15-5-3-14(4-6-15)32-11-17(21(31-32)20-16(24)7-8-19(25)30-20)28-22(33)18-12-35-23(29-18)13-9-26-27-10-13;1-5(10,4(8)9)2-3(6)7;5-4(1-6,2-7)3-8;2-1-3;/h7-12,15-16H,2-6,13H2,1H3,(H,28,34)(H2,35,36,37);7-12,14-15H,2-6H2,1H3,(H,26,27)(H,28,33);7-12,14-15H,2-6H2,1H3,(H2,26,27,28,29,33);10H,2H2,1H3,(H,6,7)(H,8,9);6-8H,1-3,5H2;;/q;;;;;;+1/p-1. The van der Waals surface area contributed by atoms with Gasteiger partial charge in [-0.25, -0.2) is 57.1 Å². The summed E-state index contributed by atoms with van der Waals surface area (Å²) >= 11 is 3.71. The third kappa shape index (κ3) is 29.8. The number of thiazole rings is 3. The molecule has 0 radical (unpaired) electrons. The molecule has 42 nitrogen and oxygen atoms in total. The number of carboxylic acids is 2. The van der Waals surface area contributed by atoms with E-state index >= 15 is 0 Å². The Kier molecular flexibility index (Phi) is 39.3. The summed E-state index contributed by atoms with van der Waals surface area (Å²) in [5.41, 5.74) is 4.01. The molecule has 3 saturated carbocycles. The van der Waals surface area contributed by atoms with Gasteiger partial charge in [0.15, 0.2) is 29.8 Å². The Balaban J connectivity index is 0.000000202. The summed E-state index contributed by atoms with van der Waals surface area (Å²) in [6.07, 6.45) is 24.1. The number of carboxylic acid groups (broad SMARTS) is 2. The Hall–Kier alpha value is -11.3. The third-order valence-corrected chi connectivity index (χ3v) is 23.2. The third-order valence-electron chi connectivity index (χ3n) is 20.1. The number of aliphatic hydroxyl groups is 4. The molecule has 133 heavy (non-hydrogen) atoms. The Morgan fingerprint density at radius 1 is 0.549 bits per heavy atom. The van der Waals surface area contributed by atoms with Gasteiger partial charge in [0.1, 0.15) is 66.3 Å². The van der Waals surface area contributed by atoms with Gasteiger partial charge in [0.2, 0.25) is 17.8 Å². The summed E-state index contributed by atoms with van der Waals surface area (Å²) < 4.78 is 124. The molecule has 0 spiro atoms. The van der Waals surface area contributed by atoms with E-state index < -0.39 is 117 Å². The SMILES string of the molecule is CC(O)(CC(=O)O)C(=O)O.CCOC1CCC(n2cc(NC(=O)c3csc(-c4cn[n-]c4)n3)c(-c3nc(F)ccc3F)n2)CC1.CCOC1CCC(n2cc(NC(=O)c3csc(-c4cn[nH]c4)n3)c(-c3nc(F)ccc3F)n2)CC1.CCOC1CCC(n2cc(NC(=O)c3csc(-c4cnn(COP(=O)(O)O)c4)n3)c(-c3nc(F)ccc3F)n2)CC1.NC(CO)(CO)CO.O=C=O.[Na+]. The van der Waals surface area contributed by atoms with Crippen molar-refractivity contribution in [3.05, 3.63) is 161 Å². The number of aromatic amines is 1. The number of nitrogens with one attached hydrogen (secondary N) is 4. The van der Waals surface area contributed by atoms with Gasteiger partial charge in [0, 0.05) is 89.8 Å². The minimum absolute atomic E-state index is 0. The molecular weight excluding hydrogens is 1850 g/mol. The maximum Gasteiger partial charge on any atom is 1.00 e. The van der Waals surface area contributed by atoms with Crippen LogP contribution in [0.5, 0.6) is 0 Å². The quantitative estimate of drug-likeness (QED) is 0.00925. The van der Waals surface area contributed by atoms with Crippen molar-refractivity contribution >= 4 is 94.7 Å². The number of hydrogen-bond donors (Lipinski definition) is 13. The molecule has 1 unspecified atom stereocenters. The molecule has 12 heterocycles. The van der Waals surface area contributed by atoms with Crippen molar-refractivity contribution in [2.75, 3.05) is 55.6 Å². The number of pyridine rings is 3. The summed E-state index contributed by atoms with van der Waals surface area (Å²) in [4.78, 5) is 117. The Bertz CT molecular complexity index is 5700. The van der Waals surface area contributed by atoms with E-state index in [9.17, 15) is 54.9 Å². The predicted molar refractivity (Wildman–Crippen MR) is 457 cm³/mol. The molecule has 0 aliphatic heterocycles. The van der Waals surface area contributed by atoms with Crippen LogP contribution >= 0.6 is 41.8 Å². The molecule has 0 saturated heterocycles. The fraction of sp³-hybridized carbons (Fsp3) is 0.400. The monoisotopic (exact) mass is 1940 g/mol. The molecule has 14 N–H and O–H groups in total. The molecule has 0 bridgehead atoms. The molecule has 12 aromatic rings. The summed E-state index contributed by atoms with van der Waals surface area (Å²) in [7, 11) is -4.67. The molecule has 12 aromatic heterocycles. The zero-order chi connectivity index (χ0) is 95.6. The first-order valence-corrected chi connectivity index (χ1v) is 44.6. The van der Waals surface area contributed by atoms with Gasteiger partial charge < -0.3 is 86.5 Å². The largest absolute Gasteiger partial charge is 1.00 e. The first kappa shape index (κ1) is 105. The van der Waals surface area contributed by atoms with Crippen molar-refractivity contribution in [1.82, 2.24) is 89.4 Å². The van der Waals surface area contributed by atoms with E-state index in [1.807, 2.05) is 20.8 Å². The molecular formula is C80H90F6N22NaO20PS3. The van der Waals surface area contributed by atoms with Crippen LogP contribution in [0, 0.1) is 35.3 Å². The van der Waals surface area contributed by atoms with Crippen molar-refractivity contribution in [1.29, 1.82) is 0 Å². The van der Waals surface area contributed by atoms with Gasteiger partial charge in [-0.05, 0) is 141 Å². The van der Waals surface area contributed by atoms with Gasteiger partial charge in [-0.1, -0.05) is 0 Å². The Morgan fingerprint density at radius 2 is 0.910 bits per heavy atom. The molecule has 15 rings (SSSR count). The predicted octanol–water partition coefficient (Wildman–Crippen LogP) is 7.07. The smallest absolute Gasteiger partial charge is 0.581 e. The van der Waals surface area contributed by atoms with Crippen LogP contribution in [0.4, 0.5) is 43.4 Å². The van der Waals surface area contributed by atoms with Crippen LogP contribution in [0.1, 0.15) is 161 Å². The Labute approximate surface area is 785 Å². The second-order valence-corrected chi connectivity index (χ2v) is 33.5. The first-order chi connectivity index (χ1) is 63.1. The van der Waals surface area contributed by atoms with Crippen LogP contribution in [0.3, 0.4) is 0 Å². The number of ether oxygens (including phenoxy) is 3. The van der Waals surface area contributed by atoms with E-state index in [1.54, 1.807) is 68.2 Å². The fourth-order valence-corrected chi connectivity index (χ4v) is 16.0. The number of H-pyrrole nitrogens is 1. The number of anilines is 3. The molecule has 1 atom stereocenters. The molecule has 3 amide bonds. The van der Waals surface area contributed by atoms with Crippen LogP contribution < -0.4 is 56.3 Å². The van der Waals surface area contributed by atoms with Gasteiger partial charge in [0.05, 0.1) is 97.7 Å². The van der Waals surface area contributed by atoms with Crippen molar-refractivity contribution in [3.63, 3.8) is 0 Å². The molecule has 3 aliphatic carbocycles. The minimum atomic E-state index is -4.67. The number of carbonyl (C=O) groups excluding carboxylic acids is 5. The van der Waals surface area contributed by atoms with E-state index in [4.69, 9.17) is 70.0 Å². The molecule has 3 fully saturated rings. The number of aliphatic carboxylic acids is 2. The number of halogens is 6. The topological polar surface area (TPSA) is 602 Å². The summed E-state index contributed by atoms with van der Waals surface area (Å²) in [6.45, 7) is 7.11. The van der Waals surface area contributed by atoms with E-state index in [0.29, 0.717) is 46.0 Å². The number of hydrogen-bond acceptors (Lipinski definition) is 32. The molecule has 706 valence electrons. The number of amides is 3. The van der Waals surface area contributed by atoms with E-state index in [1.165, 1.54) is 45.1 Å². The maximum atomic E-state index is 14.7. The molecule has 3 aliphatic rings. The maximum absolute atomic E-state index is 14.7. The minimum Gasteiger partial charge on any atom is -0.581 e. The molecule has 0 aromatic carbocycles. The summed E-state index contributed by atoms with van der Waals surface area (Å²) in [6, 6.07) is 5.77. The van der Waals surface area contributed by atoms with Crippen LogP contribution in [0.2, 0.25) is 0 Å². The zero-order valence-corrected chi connectivity index (χ0v) is 76.9. The number of carbonyl (C=O) groups is 5. The molecule has 53 heteroatoms. The average Bonchev–Trinajstić information content (AvgIpc) is 1.65. The Morgan fingerprint density at radius 3 is 1.20 bits per heavy atom. The van der Waals surface area contributed by atoms with E-state index in [0.717, 1.165) is 137 Å². The van der Waals surface area contributed by atoms with Gasteiger partial charge in [-0.2, -0.15) is 48.3 Å². The average molecular weight is 1940 g/mol. The first-order valence-electron chi connectivity index (χ1n) is 40.4. The van der Waals surface area contributed by atoms with Crippen LogP contribution in [0.15, 0.2) is 108 Å². The number of rotatable bonds is 30. The normalized spacial score (nSPS) is 16.9. The van der Waals surface area contributed by atoms with Gasteiger partial charge >= 0.3 is 55.5 Å². The summed E-state index contributed by atoms with van der Waals surface area (Å²) in [5, 5.41) is 96.3. The second kappa shape index (κ2) is 49.6. The van der Waals surface area contributed by atoms with E-state index in [2.05, 4.69) is 91.2 Å². The number of nitrogens with two attached hydrogens (primary N) is 1. The number of phosphoric acid groups is 1. The van der Waals surface area contributed by atoms with Crippen molar-refractivity contribution in [2.45, 2.75) is 165 Å². The van der Waals surface area contributed by atoms with E-state index in [-0.39, 0.29) is 140 Å². The number of aromatic nitrogens is 18. The van der Waals surface area contributed by atoms with Gasteiger partial charge in [-0.3, -0.25) is 42.8 Å². The number of nitrogens with zero attached hydrogens (tertiary/aromatic N) is 17. The number of aliphatic hydroxyl groups excluding tert-OH is 3. The van der Waals surface area contributed by atoms with Crippen molar-refractivity contribution in [3.8, 4) is 65.9 Å². The van der Waals surface area contributed by atoms with Gasteiger partial charge in [-0.15, -0.1) is 40.2 Å². The second-order valence-electron chi connectivity index (χ2n) is 29.7. The van der Waals surface area contributed by atoms with Crippen LogP contribution in [-0.2, 0) is 49.2 Å². The van der Waals surface area contributed by atoms with Crippen LogP contribution in [-0.4, -0.2) is 230 Å². The summed E-state index contributed by atoms with van der Waals surface area (Å²) in [5.74, 6) is -9.30. The van der Waals surface area contributed by atoms with Crippen molar-refractivity contribution < 1.29 is 153 Å². The van der Waals surface area contributed by atoms with Crippen molar-refractivity contribution in [2.24, 2.45) is 5.73 Å². The van der Waals surface area contributed by atoms with Crippen LogP contribution in [0.25, 0.3) is 65.9 Å². The zero-order valence-electron chi connectivity index (χ0n) is 71.6. The fourth-order valence-electron chi connectivity index (χ4n) is 13.4.